The Balaban J connectivity index is 1.36. The lowest BCUT2D eigenvalue weighted by atomic mass is 9.98. The number of likely N-dealkylation sites (tertiary alicyclic amines) is 1. The van der Waals surface area contributed by atoms with Crippen molar-refractivity contribution in [2.75, 3.05) is 39.4 Å². The molecule has 0 radical (unpaired) electrons. The molecule has 3 aliphatic rings. The van der Waals surface area contributed by atoms with Gasteiger partial charge in [-0.15, -0.1) is 0 Å². The smallest absolute Gasteiger partial charge is 0.273 e. The average molecular weight is 405 g/mol. The molecule has 0 spiro atoms. The number of aromatic nitrogens is 1. The van der Waals surface area contributed by atoms with Crippen LogP contribution < -0.4 is 5.32 Å². The summed E-state index contributed by atoms with van der Waals surface area (Å²) in [6.07, 6.45) is 6.26. The Bertz CT molecular complexity index is 711. The van der Waals surface area contributed by atoms with Gasteiger partial charge in [-0.1, -0.05) is 5.16 Å². The van der Waals surface area contributed by atoms with E-state index in [-0.39, 0.29) is 11.8 Å². The maximum absolute atomic E-state index is 12.6. The van der Waals surface area contributed by atoms with E-state index in [2.05, 4.69) is 20.3 Å². The molecular formula is C21H32N4O4. The predicted octanol–water partition coefficient (Wildman–Crippen LogP) is 1.59. The molecule has 1 aliphatic carbocycles. The number of piperidine rings is 1. The van der Waals surface area contributed by atoms with E-state index >= 15 is 0 Å². The molecule has 2 saturated heterocycles. The van der Waals surface area contributed by atoms with Gasteiger partial charge in [0.1, 0.15) is 5.76 Å². The molecule has 1 atom stereocenters. The van der Waals surface area contributed by atoms with Crippen LogP contribution in [0.25, 0.3) is 0 Å². The Labute approximate surface area is 171 Å². The molecule has 1 aromatic rings. The third-order valence-electron chi connectivity index (χ3n) is 6.28. The second kappa shape index (κ2) is 9.26. The number of ether oxygens (including phenoxy) is 1. The molecule has 0 aromatic carbocycles. The lowest BCUT2D eigenvalue weighted by Gasteiger charge is -2.44. The van der Waals surface area contributed by atoms with Crippen LogP contribution in [0.15, 0.2) is 10.6 Å². The highest BCUT2D eigenvalue weighted by molar-refractivity contribution is 5.92. The maximum Gasteiger partial charge on any atom is 0.273 e. The summed E-state index contributed by atoms with van der Waals surface area (Å²) < 4.78 is 10.5. The van der Waals surface area contributed by atoms with Gasteiger partial charge in [-0.2, -0.15) is 0 Å². The summed E-state index contributed by atoms with van der Waals surface area (Å²) in [5.41, 5.74) is 0.319. The third kappa shape index (κ3) is 5.17. The molecule has 8 heteroatoms. The van der Waals surface area contributed by atoms with Crippen LogP contribution >= 0.6 is 0 Å². The summed E-state index contributed by atoms with van der Waals surface area (Å²) in [5, 5.41) is 6.75. The van der Waals surface area contributed by atoms with E-state index in [4.69, 9.17) is 9.26 Å². The predicted molar refractivity (Wildman–Crippen MR) is 106 cm³/mol. The zero-order valence-electron chi connectivity index (χ0n) is 17.3. The van der Waals surface area contributed by atoms with Crippen LogP contribution in [0.2, 0.25) is 0 Å². The fraction of sp³-hybridized carbons (Fsp3) is 0.762. The van der Waals surface area contributed by atoms with Gasteiger partial charge in [0.15, 0.2) is 5.69 Å². The van der Waals surface area contributed by atoms with Crippen molar-refractivity contribution < 1.29 is 18.8 Å². The summed E-state index contributed by atoms with van der Waals surface area (Å²) >= 11 is 0. The van der Waals surface area contributed by atoms with Gasteiger partial charge in [-0.05, 0) is 45.4 Å². The van der Waals surface area contributed by atoms with Crippen LogP contribution in [0.3, 0.4) is 0 Å². The van der Waals surface area contributed by atoms with Gasteiger partial charge in [0.05, 0.1) is 0 Å². The lowest BCUT2D eigenvalue weighted by molar-refractivity contribution is -0.135. The summed E-state index contributed by atoms with van der Waals surface area (Å²) in [7, 11) is 0. The molecule has 3 heterocycles. The lowest BCUT2D eigenvalue weighted by Crippen LogP contribution is -2.55. The molecule has 8 nitrogen and oxygen atoms in total. The van der Waals surface area contributed by atoms with Gasteiger partial charge in [-0.3, -0.25) is 14.5 Å². The van der Waals surface area contributed by atoms with Crippen LogP contribution in [0.5, 0.6) is 0 Å². The van der Waals surface area contributed by atoms with Gasteiger partial charge < -0.3 is 19.5 Å². The highest BCUT2D eigenvalue weighted by Gasteiger charge is 2.37. The first-order valence-corrected chi connectivity index (χ1v) is 11.0. The zero-order valence-corrected chi connectivity index (χ0v) is 17.3. The number of rotatable bonds is 7. The minimum atomic E-state index is -0.206. The van der Waals surface area contributed by atoms with Crippen molar-refractivity contribution in [3.05, 3.63) is 17.5 Å². The Morgan fingerprint density at radius 3 is 2.69 bits per heavy atom. The van der Waals surface area contributed by atoms with Crippen LogP contribution in [0.1, 0.15) is 54.8 Å². The second-order valence-electron chi connectivity index (χ2n) is 8.51. The minimum Gasteiger partial charge on any atom is -0.381 e. The van der Waals surface area contributed by atoms with E-state index in [1.165, 1.54) is 0 Å². The van der Waals surface area contributed by atoms with Crippen molar-refractivity contribution in [3.63, 3.8) is 0 Å². The second-order valence-corrected chi connectivity index (χ2v) is 8.51. The number of hydrogen-bond donors (Lipinski definition) is 1. The molecule has 1 saturated carbocycles. The van der Waals surface area contributed by atoms with Crippen LogP contribution in [-0.4, -0.2) is 78.2 Å². The van der Waals surface area contributed by atoms with Crippen LogP contribution in [0.4, 0.5) is 0 Å². The van der Waals surface area contributed by atoms with Crippen molar-refractivity contribution >= 4 is 11.8 Å². The number of amides is 2. The van der Waals surface area contributed by atoms with E-state index in [9.17, 15) is 9.59 Å². The number of hydrogen-bond acceptors (Lipinski definition) is 6. The Morgan fingerprint density at radius 1 is 1.21 bits per heavy atom. The van der Waals surface area contributed by atoms with Gasteiger partial charge in [-0.25, -0.2) is 0 Å². The monoisotopic (exact) mass is 404 g/mol. The molecule has 2 amide bonds. The molecule has 2 aliphatic heterocycles. The maximum atomic E-state index is 12.6. The van der Waals surface area contributed by atoms with Crippen molar-refractivity contribution in [2.24, 2.45) is 5.92 Å². The number of nitrogens with zero attached hydrogens (tertiary/aromatic N) is 3. The molecule has 160 valence electrons. The van der Waals surface area contributed by atoms with Gasteiger partial charge in [0, 0.05) is 63.5 Å². The van der Waals surface area contributed by atoms with Crippen molar-refractivity contribution in [1.29, 1.82) is 0 Å². The largest absolute Gasteiger partial charge is 0.381 e. The Hall–Kier alpha value is -1.93. The SMILES string of the molecule is Cc1cc(C(=O)NCCN(C2CCOCC2)C2CCCN(C(=O)C3CC3)C2)no1. The standard InChI is InChI=1S/C21H32N4O4/c1-15-13-19(23-29-15)20(26)22-8-10-25(17-6-11-28-12-7-17)18-3-2-9-24(14-18)21(27)16-4-5-16/h13,16-18H,2-12,14H2,1H3,(H,22,26). The zero-order chi connectivity index (χ0) is 20.2. The third-order valence-corrected chi connectivity index (χ3v) is 6.28. The van der Waals surface area contributed by atoms with Gasteiger partial charge >= 0.3 is 0 Å². The molecule has 3 fully saturated rings. The molecule has 1 unspecified atom stereocenters. The van der Waals surface area contributed by atoms with Crippen LogP contribution in [0, 0.1) is 12.8 Å². The highest BCUT2D eigenvalue weighted by Crippen LogP contribution is 2.32. The van der Waals surface area contributed by atoms with E-state index in [0.29, 0.717) is 36.0 Å². The first-order valence-electron chi connectivity index (χ1n) is 11.0. The van der Waals surface area contributed by atoms with Gasteiger partial charge in [0.2, 0.25) is 5.91 Å². The summed E-state index contributed by atoms with van der Waals surface area (Å²) in [5.74, 6) is 1.04. The fourth-order valence-corrected chi connectivity index (χ4v) is 4.56. The fourth-order valence-electron chi connectivity index (χ4n) is 4.56. The number of carbonyl (C=O) groups is 2. The van der Waals surface area contributed by atoms with Gasteiger partial charge in [0.25, 0.3) is 5.91 Å². The van der Waals surface area contributed by atoms with E-state index in [0.717, 1.165) is 71.4 Å². The van der Waals surface area contributed by atoms with Crippen molar-refractivity contribution in [3.8, 4) is 0 Å². The first-order chi connectivity index (χ1) is 14.1. The Morgan fingerprint density at radius 2 is 2.00 bits per heavy atom. The van der Waals surface area contributed by atoms with E-state index in [1.807, 2.05) is 0 Å². The number of aryl methyl sites for hydroxylation is 1. The number of carbonyl (C=O) groups excluding carboxylic acids is 2. The molecule has 1 N–H and O–H groups in total. The Kier molecular flexibility index (Phi) is 6.50. The molecular weight excluding hydrogens is 372 g/mol. The topological polar surface area (TPSA) is 87.9 Å². The molecule has 29 heavy (non-hydrogen) atoms. The molecule has 1 aromatic heterocycles. The highest BCUT2D eigenvalue weighted by atomic mass is 16.5. The van der Waals surface area contributed by atoms with E-state index < -0.39 is 0 Å². The first kappa shape index (κ1) is 20.3. The number of nitrogens with one attached hydrogen (secondary N) is 1. The normalized spacial score (nSPS) is 23.4. The van der Waals surface area contributed by atoms with E-state index in [1.54, 1.807) is 13.0 Å². The minimum absolute atomic E-state index is 0.206. The molecule has 4 rings (SSSR count). The van der Waals surface area contributed by atoms with Crippen LogP contribution in [-0.2, 0) is 9.53 Å². The summed E-state index contributed by atoms with van der Waals surface area (Å²) in [4.78, 5) is 29.5. The quantitative estimate of drug-likeness (QED) is 0.743. The van der Waals surface area contributed by atoms with Crippen molar-refractivity contribution in [2.45, 2.75) is 57.5 Å². The summed E-state index contributed by atoms with van der Waals surface area (Å²) in [6.45, 7) is 6.35. The van der Waals surface area contributed by atoms with Crippen molar-refractivity contribution in [1.82, 2.24) is 20.3 Å². The average Bonchev–Trinajstić information content (AvgIpc) is 3.51. The summed E-state index contributed by atoms with van der Waals surface area (Å²) in [6, 6.07) is 2.44. The molecule has 0 bridgehead atoms.